The largest absolute Gasteiger partial charge is 0.507 e. The van der Waals surface area contributed by atoms with E-state index in [-0.39, 0.29) is 34.6 Å². The van der Waals surface area contributed by atoms with Gasteiger partial charge in [0, 0.05) is 22.9 Å². The monoisotopic (exact) mass is 816 g/mol. The SMILES string of the molecule is CCC/C(=C\c1ccccc1O)CC[C@H]1OC[C@H]2C1=C(CO[Si](c1ccccc1)(c1ccccc1)C(C)(C)C)C[C@H]1C(=O)N(c3ccc(Nc4ccccc4)cc3)C(=O)[C@H]12. The molecule has 0 bridgehead atoms. The maximum absolute atomic E-state index is 14.6. The van der Waals surface area contributed by atoms with E-state index in [4.69, 9.17) is 9.16 Å². The summed E-state index contributed by atoms with van der Waals surface area (Å²) >= 11 is 0. The van der Waals surface area contributed by atoms with Crippen molar-refractivity contribution in [3.05, 3.63) is 162 Å². The summed E-state index contributed by atoms with van der Waals surface area (Å²) in [6.07, 6.45) is 5.72. The molecule has 0 spiro atoms. The van der Waals surface area contributed by atoms with Crippen LogP contribution in [0, 0.1) is 17.8 Å². The Bertz CT molecular complexity index is 2320. The first-order chi connectivity index (χ1) is 29.1. The van der Waals surface area contributed by atoms with E-state index in [0.29, 0.717) is 25.3 Å². The standard InChI is InChI=1S/C52H56N2O5Si/c1-5-17-36(32-37-18-15-16-25-46(37)55)26-31-47-48-38(34-59-60(52(2,3)4,42-21-11-7-12-22-42)43-23-13-8-14-24-43)33-44-49(45(48)35-58-47)51(57)54(50(44)56)41-29-27-40(28-30-41)53-39-19-9-6-10-20-39/h6-16,18-25,27-30,32,44-45,47,49,53,55H,5,17,26,31,33-35H2,1-4H3/b36-32+/t44-,45+,47-,49-/m1/s1. The summed E-state index contributed by atoms with van der Waals surface area (Å²) in [5.74, 6) is -1.30. The van der Waals surface area contributed by atoms with Crippen molar-refractivity contribution in [1.82, 2.24) is 0 Å². The number of allylic oxidation sites excluding steroid dienone is 1. The van der Waals surface area contributed by atoms with Crippen LogP contribution in [-0.4, -0.2) is 44.6 Å². The summed E-state index contributed by atoms with van der Waals surface area (Å²) in [5, 5.41) is 16.2. The first-order valence-electron chi connectivity index (χ1n) is 21.4. The van der Waals surface area contributed by atoms with E-state index in [9.17, 15) is 14.7 Å². The van der Waals surface area contributed by atoms with Crippen molar-refractivity contribution in [3.8, 4) is 5.75 Å². The quantitative estimate of drug-likeness (QED) is 0.0660. The molecule has 1 aliphatic carbocycles. The van der Waals surface area contributed by atoms with Crippen molar-refractivity contribution in [2.24, 2.45) is 17.8 Å². The second-order valence-electron chi connectivity index (χ2n) is 17.5. The molecule has 2 aliphatic heterocycles. The lowest BCUT2D eigenvalue weighted by Crippen LogP contribution is -2.66. The number of fused-ring (bicyclic) bond motifs is 3. The highest BCUT2D eigenvalue weighted by Crippen LogP contribution is 2.51. The van der Waals surface area contributed by atoms with E-state index >= 15 is 0 Å². The molecule has 0 saturated carbocycles. The van der Waals surface area contributed by atoms with Gasteiger partial charge in [-0.25, -0.2) is 0 Å². The normalized spacial score (nSPS) is 20.7. The molecule has 8 rings (SSSR count). The maximum Gasteiger partial charge on any atom is 0.261 e. The van der Waals surface area contributed by atoms with Gasteiger partial charge in [0.1, 0.15) is 5.75 Å². The Balaban J connectivity index is 1.14. The molecule has 0 aromatic heterocycles. The molecule has 5 aromatic carbocycles. The number of anilines is 3. The van der Waals surface area contributed by atoms with Gasteiger partial charge in [0.25, 0.3) is 8.32 Å². The summed E-state index contributed by atoms with van der Waals surface area (Å²) in [7, 11) is -2.94. The number of rotatable bonds is 14. The van der Waals surface area contributed by atoms with Crippen LogP contribution in [0.3, 0.4) is 0 Å². The molecule has 2 amide bonds. The van der Waals surface area contributed by atoms with Crippen molar-refractivity contribution >= 4 is 53.6 Å². The molecular weight excluding hydrogens is 761 g/mol. The zero-order valence-electron chi connectivity index (χ0n) is 35.1. The number of nitrogens with one attached hydrogen (secondary N) is 1. The van der Waals surface area contributed by atoms with Crippen LogP contribution in [0.2, 0.25) is 5.04 Å². The maximum atomic E-state index is 14.6. The van der Waals surface area contributed by atoms with E-state index in [0.717, 1.165) is 53.8 Å². The highest BCUT2D eigenvalue weighted by Gasteiger charge is 2.58. The highest BCUT2D eigenvalue weighted by molar-refractivity contribution is 6.99. The molecule has 2 N–H and O–H groups in total. The number of benzene rings is 5. The first kappa shape index (κ1) is 41.2. The summed E-state index contributed by atoms with van der Waals surface area (Å²) < 4.78 is 14.3. The van der Waals surface area contributed by atoms with Gasteiger partial charge in [-0.1, -0.05) is 143 Å². The molecule has 2 saturated heterocycles. The predicted octanol–water partition coefficient (Wildman–Crippen LogP) is 10.2. The molecular formula is C52H56N2O5Si. The zero-order chi connectivity index (χ0) is 41.9. The van der Waals surface area contributed by atoms with Crippen molar-refractivity contribution in [2.45, 2.75) is 70.9 Å². The van der Waals surface area contributed by atoms with Gasteiger partial charge in [0.2, 0.25) is 11.8 Å². The topological polar surface area (TPSA) is 88.1 Å². The summed E-state index contributed by atoms with van der Waals surface area (Å²) in [4.78, 5) is 30.7. The molecule has 308 valence electrons. The number of aromatic hydroxyl groups is 1. The Hall–Kier alpha value is -5.54. The second kappa shape index (κ2) is 17.6. The van der Waals surface area contributed by atoms with Crippen LogP contribution in [0.15, 0.2) is 156 Å². The zero-order valence-corrected chi connectivity index (χ0v) is 36.1. The number of hydrogen-bond acceptors (Lipinski definition) is 6. The fourth-order valence-electron chi connectivity index (χ4n) is 9.94. The summed E-state index contributed by atoms with van der Waals surface area (Å²) in [6, 6.07) is 46.2. The fraction of sp³-hybridized carbons (Fsp3) is 0.308. The molecule has 8 heteroatoms. The van der Waals surface area contributed by atoms with Crippen molar-refractivity contribution in [3.63, 3.8) is 0 Å². The third-order valence-electron chi connectivity index (χ3n) is 12.7. The van der Waals surface area contributed by atoms with Crippen molar-refractivity contribution in [2.75, 3.05) is 23.4 Å². The number of amides is 2. The van der Waals surface area contributed by atoms with Gasteiger partial charge in [-0.3, -0.25) is 14.5 Å². The molecule has 0 radical (unpaired) electrons. The minimum atomic E-state index is -2.94. The van der Waals surface area contributed by atoms with E-state index in [1.807, 2.05) is 72.8 Å². The van der Waals surface area contributed by atoms with Crippen LogP contribution in [0.1, 0.15) is 65.4 Å². The van der Waals surface area contributed by atoms with Crippen molar-refractivity contribution < 1.29 is 23.9 Å². The second-order valence-corrected chi connectivity index (χ2v) is 21.8. The van der Waals surface area contributed by atoms with E-state index in [1.165, 1.54) is 20.8 Å². The lowest BCUT2D eigenvalue weighted by molar-refractivity contribution is -0.122. The Labute approximate surface area is 355 Å². The Kier molecular flexibility index (Phi) is 12.1. The molecule has 5 aromatic rings. The van der Waals surface area contributed by atoms with Gasteiger partial charge in [-0.2, -0.15) is 0 Å². The van der Waals surface area contributed by atoms with Crippen LogP contribution < -0.4 is 20.6 Å². The number of hydrogen-bond donors (Lipinski definition) is 2. The minimum absolute atomic E-state index is 0.154. The number of carbonyl (C=O) groups is 2. The number of para-hydroxylation sites is 2. The van der Waals surface area contributed by atoms with Crippen LogP contribution >= 0.6 is 0 Å². The van der Waals surface area contributed by atoms with Gasteiger partial charge in [0.05, 0.1) is 36.8 Å². The molecule has 2 fully saturated rings. The van der Waals surface area contributed by atoms with Gasteiger partial charge in [-0.15, -0.1) is 0 Å². The average Bonchev–Trinajstić information content (AvgIpc) is 3.79. The van der Waals surface area contributed by atoms with E-state index < -0.39 is 20.2 Å². The minimum Gasteiger partial charge on any atom is -0.507 e. The molecule has 4 atom stereocenters. The Morgan fingerprint density at radius 3 is 2.00 bits per heavy atom. The third kappa shape index (κ3) is 8.04. The first-order valence-corrected chi connectivity index (χ1v) is 23.4. The number of nitrogens with zero attached hydrogens (tertiary/aromatic N) is 1. The van der Waals surface area contributed by atoms with Crippen molar-refractivity contribution in [1.29, 1.82) is 0 Å². The van der Waals surface area contributed by atoms with Crippen LogP contribution in [0.5, 0.6) is 5.75 Å². The van der Waals surface area contributed by atoms with Gasteiger partial charge >= 0.3 is 0 Å². The molecule has 3 aliphatic rings. The van der Waals surface area contributed by atoms with E-state index in [1.54, 1.807) is 6.07 Å². The number of ether oxygens (including phenoxy) is 1. The fourth-order valence-corrected chi connectivity index (χ4v) is 14.5. The third-order valence-corrected chi connectivity index (χ3v) is 17.7. The lowest BCUT2D eigenvalue weighted by Gasteiger charge is -2.44. The van der Waals surface area contributed by atoms with Gasteiger partial charge in [0.15, 0.2) is 0 Å². The number of phenols is 1. The molecule has 2 heterocycles. The Morgan fingerprint density at radius 1 is 0.783 bits per heavy atom. The molecule has 0 unspecified atom stereocenters. The smallest absolute Gasteiger partial charge is 0.261 e. The average molecular weight is 817 g/mol. The van der Waals surface area contributed by atoms with Crippen LogP contribution in [0.25, 0.3) is 6.08 Å². The molecule has 60 heavy (non-hydrogen) atoms. The number of carbonyl (C=O) groups excluding carboxylic acids is 2. The number of imide groups is 1. The number of phenolic OH excluding ortho intramolecular Hbond substituents is 1. The van der Waals surface area contributed by atoms with Gasteiger partial charge < -0.3 is 19.6 Å². The predicted molar refractivity (Wildman–Crippen MR) is 244 cm³/mol. The van der Waals surface area contributed by atoms with Crippen LogP contribution in [-0.2, 0) is 18.8 Å². The molecule has 7 nitrogen and oxygen atoms in total. The Morgan fingerprint density at radius 2 is 1.38 bits per heavy atom. The summed E-state index contributed by atoms with van der Waals surface area (Å²) in [6.45, 7) is 9.74. The summed E-state index contributed by atoms with van der Waals surface area (Å²) in [5.41, 5.74) is 6.69. The van der Waals surface area contributed by atoms with E-state index in [2.05, 4.69) is 99.8 Å². The lowest BCUT2D eigenvalue weighted by atomic mass is 9.69. The highest BCUT2D eigenvalue weighted by atomic mass is 28.4. The van der Waals surface area contributed by atoms with Gasteiger partial charge in [-0.05, 0) is 94.7 Å². The van der Waals surface area contributed by atoms with Crippen LogP contribution in [0.4, 0.5) is 17.1 Å².